The maximum atomic E-state index is 11.8. The SMILES string of the molecule is CCSc1nnc(NC(=O)/C=C/c2ccccc2[N+](=O)[O-])s1. The van der Waals surface area contributed by atoms with E-state index in [2.05, 4.69) is 15.5 Å². The van der Waals surface area contributed by atoms with Crippen molar-refractivity contribution in [2.24, 2.45) is 0 Å². The summed E-state index contributed by atoms with van der Waals surface area (Å²) in [5, 5.41) is 21.6. The molecule has 1 heterocycles. The highest BCUT2D eigenvalue weighted by atomic mass is 32.2. The molecule has 1 aromatic carbocycles. The van der Waals surface area contributed by atoms with Crippen molar-refractivity contribution < 1.29 is 9.72 Å². The highest BCUT2D eigenvalue weighted by Gasteiger charge is 2.10. The molecular weight excluding hydrogens is 324 g/mol. The Kier molecular flexibility index (Phi) is 5.61. The third-order valence-corrected chi connectivity index (χ3v) is 4.31. The van der Waals surface area contributed by atoms with Crippen LogP contribution < -0.4 is 5.32 Å². The van der Waals surface area contributed by atoms with Crippen molar-refractivity contribution in [2.45, 2.75) is 11.3 Å². The molecule has 2 rings (SSSR count). The fourth-order valence-corrected chi connectivity index (χ4v) is 3.20. The second-order valence-electron chi connectivity index (χ2n) is 3.94. The Bertz CT molecular complexity index is 715. The molecule has 2 aromatic rings. The Morgan fingerprint density at radius 2 is 2.23 bits per heavy atom. The lowest BCUT2D eigenvalue weighted by Gasteiger charge is -1.97. The maximum absolute atomic E-state index is 11.8. The van der Waals surface area contributed by atoms with Crippen LogP contribution in [0.2, 0.25) is 0 Å². The molecule has 0 radical (unpaired) electrons. The molecule has 1 aromatic heterocycles. The summed E-state index contributed by atoms with van der Waals surface area (Å²) in [7, 11) is 0. The van der Waals surface area contributed by atoms with Gasteiger partial charge in [-0.05, 0) is 17.9 Å². The van der Waals surface area contributed by atoms with Crippen molar-refractivity contribution in [3.05, 3.63) is 46.0 Å². The molecule has 1 amide bonds. The lowest BCUT2D eigenvalue weighted by Crippen LogP contribution is -2.07. The summed E-state index contributed by atoms with van der Waals surface area (Å²) < 4.78 is 0.778. The van der Waals surface area contributed by atoms with Crippen LogP contribution in [0.25, 0.3) is 6.08 Å². The van der Waals surface area contributed by atoms with Gasteiger partial charge in [-0.1, -0.05) is 42.2 Å². The van der Waals surface area contributed by atoms with E-state index in [4.69, 9.17) is 0 Å². The largest absolute Gasteiger partial charge is 0.297 e. The lowest BCUT2D eigenvalue weighted by molar-refractivity contribution is -0.385. The molecule has 22 heavy (non-hydrogen) atoms. The number of nitro groups is 1. The summed E-state index contributed by atoms with van der Waals surface area (Å²) in [5.41, 5.74) is 0.311. The second kappa shape index (κ2) is 7.66. The first kappa shape index (κ1) is 16.1. The molecule has 0 saturated carbocycles. The predicted octanol–water partition coefficient (Wildman–Crippen LogP) is 3.21. The molecule has 0 fully saturated rings. The third kappa shape index (κ3) is 4.37. The molecule has 114 valence electrons. The van der Waals surface area contributed by atoms with Gasteiger partial charge in [0, 0.05) is 12.1 Å². The predicted molar refractivity (Wildman–Crippen MR) is 87.1 cm³/mol. The minimum Gasteiger partial charge on any atom is -0.297 e. The smallest absolute Gasteiger partial charge is 0.276 e. The van der Waals surface area contributed by atoms with Gasteiger partial charge in [-0.25, -0.2) is 0 Å². The van der Waals surface area contributed by atoms with Crippen LogP contribution in [0.4, 0.5) is 10.8 Å². The van der Waals surface area contributed by atoms with Gasteiger partial charge in [-0.15, -0.1) is 10.2 Å². The van der Waals surface area contributed by atoms with Crippen LogP contribution in [0.5, 0.6) is 0 Å². The van der Waals surface area contributed by atoms with E-state index in [1.165, 1.54) is 41.3 Å². The average Bonchev–Trinajstić information content (AvgIpc) is 2.93. The molecule has 0 atom stereocenters. The highest BCUT2D eigenvalue weighted by Crippen LogP contribution is 2.25. The molecule has 1 N–H and O–H groups in total. The van der Waals surface area contributed by atoms with Crippen LogP contribution in [0.15, 0.2) is 34.7 Å². The number of amides is 1. The zero-order valence-electron chi connectivity index (χ0n) is 11.6. The van der Waals surface area contributed by atoms with E-state index in [-0.39, 0.29) is 5.69 Å². The maximum Gasteiger partial charge on any atom is 0.276 e. The first-order valence-corrected chi connectivity index (χ1v) is 8.09. The Morgan fingerprint density at radius 3 is 2.95 bits per heavy atom. The van der Waals surface area contributed by atoms with E-state index in [0.717, 1.165) is 10.1 Å². The second-order valence-corrected chi connectivity index (χ2v) is 6.43. The number of para-hydroxylation sites is 1. The van der Waals surface area contributed by atoms with E-state index < -0.39 is 10.8 Å². The molecule has 7 nitrogen and oxygen atoms in total. The molecule has 0 spiro atoms. The summed E-state index contributed by atoms with van der Waals surface area (Å²) in [4.78, 5) is 22.2. The number of aromatic nitrogens is 2. The molecule has 0 bridgehead atoms. The van der Waals surface area contributed by atoms with Crippen molar-refractivity contribution in [3.8, 4) is 0 Å². The molecule has 0 aliphatic heterocycles. The Balaban J connectivity index is 2.03. The van der Waals surface area contributed by atoms with E-state index in [9.17, 15) is 14.9 Å². The summed E-state index contributed by atoms with van der Waals surface area (Å²) in [5.74, 6) is 0.461. The van der Waals surface area contributed by atoms with Crippen molar-refractivity contribution in [1.29, 1.82) is 0 Å². The topological polar surface area (TPSA) is 98.0 Å². The highest BCUT2D eigenvalue weighted by molar-refractivity contribution is 8.01. The van der Waals surface area contributed by atoms with Gasteiger partial charge in [0.05, 0.1) is 10.5 Å². The van der Waals surface area contributed by atoms with Crippen LogP contribution in [0.1, 0.15) is 12.5 Å². The number of rotatable bonds is 6. The van der Waals surface area contributed by atoms with Crippen LogP contribution >= 0.6 is 23.1 Å². The third-order valence-electron chi connectivity index (χ3n) is 2.45. The number of carbonyl (C=O) groups is 1. The summed E-state index contributed by atoms with van der Waals surface area (Å²) in [6, 6.07) is 6.20. The number of benzene rings is 1. The van der Waals surface area contributed by atoms with Crippen LogP contribution in [0.3, 0.4) is 0 Å². The Morgan fingerprint density at radius 1 is 1.45 bits per heavy atom. The van der Waals surface area contributed by atoms with Crippen molar-refractivity contribution >= 4 is 45.9 Å². The number of hydrogen-bond donors (Lipinski definition) is 1. The molecular formula is C13H12N4O3S2. The summed E-state index contributed by atoms with van der Waals surface area (Å²) in [6.45, 7) is 2.00. The van der Waals surface area contributed by atoms with Crippen LogP contribution in [-0.2, 0) is 4.79 Å². The van der Waals surface area contributed by atoms with Gasteiger partial charge in [0.25, 0.3) is 5.69 Å². The van der Waals surface area contributed by atoms with Gasteiger partial charge in [0.1, 0.15) is 0 Å². The van der Waals surface area contributed by atoms with Gasteiger partial charge >= 0.3 is 0 Å². The van der Waals surface area contributed by atoms with Gasteiger partial charge in [-0.2, -0.15) is 0 Å². The van der Waals surface area contributed by atoms with Crippen molar-refractivity contribution in [3.63, 3.8) is 0 Å². The monoisotopic (exact) mass is 336 g/mol. The number of nitrogens with zero attached hydrogens (tertiary/aromatic N) is 3. The van der Waals surface area contributed by atoms with E-state index in [0.29, 0.717) is 10.7 Å². The van der Waals surface area contributed by atoms with E-state index in [1.807, 2.05) is 6.92 Å². The van der Waals surface area contributed by atoms with Crippen molar-refractivity contribution in [1.82, 2.24) is 10.2 Å². The van der Waals surface area contributed by atoms with Crippen LogP contribution in [-0.4, -0.2) is 26.8 Å². The van der Waals surface area contributed by atoms with E-state index in [1.54, 1.807) is 18.2 Å². The van der Waals surface area contributed by atoms with Gasteiger partial charge in [0.2, 0.25) is 11.0 Å². The quantitative estimate of drug-likeness (QED) is 0.286. The van der Waals surface area contributed by atoms with Gasteiger partial charge < -0.3 is 0 Å². The average molecular weight is 336 g/mol. The number of anilines is 1. The fourth-order valence-electron chi connectivity index (χ4n) is 1.55. The zero-order valence-corrected chi connectivity index (χ0v) is 13.2. The van der Waals surface area contributed by atoms with Gasteiger partial charge in [0.15, 0.2) is 4.34 Å². The minimum atomic E-state index is -0.490. The Hall–Kier alpha value is -2.26. The molecule has 0 saturated heterocycles. The number of carbonyl (C=O) groups excluding carboxylic acids is 1. The standard InChI is InChI=1S/C13H12N4O3S2/c1-2-21-13-16-15-12(22-13)14-11(18)8-7-9-5-3-4-6-10(9)17(19)20/h3-8H,2H2,1H3,(H,14,15,18)/b8-7+. The van der Waals surface area contributed by atoms with Crippen LogP contribution in [0, 0.1) is 10.1 Å². The Labute approximate surface area is 134 Å². The number of thioether (sulfide) groups is 1. The number of hydrogen-bond acceptors (Lipinski definition) is 7. The molecule has 0 aliphatic carbocycles. The molecule has 9 heteroatoms. The fraction of sp³-hybridized carbons (Fsp3) is 0.154. The minimum absolute atomic E-state index is 0.0518. The lowest BCUT2D eigenvalue weighted by atomic mass is 10.1. The normalized spacial score (nSPS) is 10.8. The first-order valence-electron chi connectivity index (χ1n) is 6.29. The van der Waals surface area contributed by atoms with Crippen molar-refractivity contribution in [2.75, 3.05) is 11.1 Å². The summed E-state index contributed by atoms with van der Waals surface area (Å²) in [6.07, 6.45) is 2.63. The zero-order chi connectivity index (χ0) is 15.9. The first-order chi connectivity index (χ1) is 10.6. The molecule has 0 aliphatic rings. The molecule has 0 unspecified atom stereocenters. The van der Waals surface area contributed by atoms with E-state index >= 15 is 0 Å². The van der Waals surface area contributed by atoms with Gasteiger partial charge in [-0.3, -0.25) is 20.2 Å². The summed E-state index contributed by atoms with van der Waals surface area (Å²) >= 11 is 2.82. The number of nitro benzene ring substituents is 1. The number of nitrogens with one attached hydrogen (secondary N) is 1.